The SMILES string of the molecule is CN(C)C1CC2CC1c1cc(O)c(O)cc12. The van der Waals surface area contributed by atoms with Gasteiger partial charge in [-0.3, -0.25) is 0 Å². The molecular weight excluding hydrogens is 202 g/mol. The van der Waals surface area contributed by atoms with Crippen LogP contribution in [-0.2, 0) is 0 Å². The number of fused-ring (bicyclic) bond motifs is 5. The van der Waals surface area contributed by atoms with Gasteiger partial charge >= 0.3 is 0 Å². The summed E-state index contributed by atoms with van der Waals surface area (Å²) in [6, 6.07) is 4.09. The van der Waals surface area contributed by atoms with Crippen LogP contribution >= 0.6 is 0 Å². The van der Waals surface area contributed by atoms with Crippen molar-refractivity contribution in [3.63, 3.8) is 0 Å². The van der Waals surface area contributed by atoms with Crippen LogP contribution in [0.4, 0.5) is 0 Å². The summed E-state index contributed by atoms with van der Waals surface area (Å²) in [4.78, 5) is 2.28. The molecule has 0 heterocycles. The second-order valence-electron chi connectivity index (χ2n) is 5.28. The normalized spacial score (nSPS) is 31.1. The van der Waals surface area contributed by atoms with E-state index in [9.17, 15) is 10.2 Å². The van der Waals surface area contributed by atoms with E-state index in [0.29, 0.717) is 17.9 Å². The Labute approximate surface area is 95.3 Å². The Kier molecular flexibility index (Phi) is 1.96. The van der Waals surface area contributed by atoms with Crippen molar-refractivity contribution in [3.8, 4) is 11.5 Å². The number of rotatable bonds is 1. The maximum absolute atomic E-state index is 9.57. The van der Waals surface area contributed by atoms with Gasteiger partial charge in [-0.2, -0.15) is 0 Å². The number of benzene rings is 1. The minimum atomic E-state index is 0.0174. The number of aromatic hydroxyl groups is 2. The zero-order valence-electron chi connectivity index (χ0n) is 9.64. The van der Waals surface area contributed by atoms with Gasteiger partial charge in [0.15, 0.2) is 11.5 Å². The summed E-state index contributed by atoms with van der Waals surface area (Å²) >= 11 is 0. The Bertz CT molecular complexity index is 442. The molecule has 0 amide bonds. The first-order chi connectivity index (χ1) is 7.58. The minimum absolute atomic E-state index is 0.0174. The van der Waals surface area contributed by atoms with Crippen molar-refractivity contribution in [2.45, 2.75) is 30.7 Å². The smallest absolute Gasteiger partial charge is 0.157 e. The first-order valence-electron chi connectivity index (χ1n) is 5.80. The quantitative estimate of drug-likeness (QED) is 0.710. The topological polar surface area (TPSA) is 43.7 Å². The summed E-state index contributed by atoms with van der Waals surface area (Å²) in [6.07, 6.45) is 2.34. The van der Waals surface area contributed by atoms with Crippen LogP contribution in [0, 0.1) is 0 Å². The second kappa shape index (κ2) is 3.14. The van der Waals surface area contributed by atoms with Gasteiger partial charge in [0, 0.05) is 12.0 Å². The molecule has 0 radical (unpaired) electrons. The molecule has 0 aliphatic heterocycles. The number of hydrogen-bond acceptors (Lipinski definition) is 3. The summed E-state index contributed by atoms with van der Waals surface area (Å²) < 4.78 is 0. The molecule has 2 aliphatic rings. The van der Waals surface area contributed by atoms with Crippen molar-refractivity contribution in [2.75, 3.05) is 14.1 Å². The van der Waals surface area contributed by atoms with Crippen LogP contribution in [0.2, 0.25) is 0 Å². The lowest BCUT2D eigenvalue weighted by Crippen LogP contribution is -2.31. The third-order valence-corrected chi connectivity index (χ3v) is 4.21. The number of phenols is 2. The first-order valence-corrected chi connectivity index (χ1v) is 5.80. The highest BCUT2D eigenvalue weighted by molar-refractivity contribution is 5.52. The number of hydrogen-bond donors (Lipinski definition) is 2. The van der Waals surface area contributed by atoms with Gasteiger partial charge in [0.2, 0.25) is 0 Å². The van der Waals surface area contributed by atoms with Crippen LogP contribution in [0.5, 0.6) is 11.5 Å². The Morgan fingerprint density at radius 2 is 1.69 bits per heavy atom. The highest BCUT2D eigenvalue weighted by atomic mass is 16.3. The van der Waals surface area contributed by atoms with Gasteiger partial charge in [-0.05, 0) is 56.1 Å². The third kappa shape index (κ3) is 1.18. The van der Waals surface area contributed by atoms with Crippen molar-refractivity contribution in [2.24, 2.45) is 0 Å². The molecule has 0 saturated heterocycles. The Morgan fingerprint density at radius 3 is 2.31 bits per heavy atom. The van der Waals surface area contributed by atoms with Gasteiger partial charge in [0.25, 0.3) is 0 Å². The van der Waals surface area contributed by atoms with Crippen LogP contribution in [0.15, 0.2) is 12.1 Å². The van der Waals surface area contributed by atoms with E-state index in [4.69, 9.17) is 0 Å². The molecule has 86 valence electrons. The lowest BCUT2D eigenvalue weighted by atomic mass is 9.87. The van der Waals surface area contributed by atoms with E-state index in [1.165, 1.54) is 24.0 Å². The average molecular weight is 219 g/mol. The van der Waals surface area contributed by atoms with Crippen molar-refractivity contribution in [1.82, 2.24) is 4.90 Å². The summed E-state index contributed by atoms with van der Waals surface area (Å²) in [5, 5.41) is 19.1. The van der Waals surface area contributed by atoms with Gasteiger partial charge < -0.3 is 15.1 Å². The molecule has 1 fully saturated rings. The van der Waals surface area contributed by atoms with Crippen molar-refractivity contribution in [1.29, 1.82) is 0 Å². The molecule has 3 unspecified atom stereocenters. The molecule has 2 N–H and O–H groups in total. The van der Waals surface area contributed by atoms with Gasteiger partial charge in [0.1, 0.15) is 0 Å². The van der Waals surface area contributed by atoms with Crippen LogP contribution < -0.4 is 0 Å². The van der Waals surface area contributed by atoms with E-state index in [-0.39, 0.29) is 11.5 Å². The first kappa shape index (κ1) is 9.97. The Hall–Kier alpha value is -1.22. The number of phenolic OH excluding ortho intramolecular Hbond substituents is 2. The van der Waals surface area contributed by atoms with Crippen LogP contribution in [0.25, 0.3) is 0 Å². The van der Waals surface area contributed by atoms with E-state index in [1.807, 2.05) is 0 Å². The molecule has 2 aliphatic carbocycles. The maximum atomic E-state index is 9.57. The fraction of sp³-hybridized carbons (Fsp3) is 0.538. The molecule has 0 aromatic heterocycles. The van der Waals surface area contributed by atoms with Crippen molar-refractivity contribution in [3.05, 3.63) is 23.3 Å². The molecular formula is C13H17NO2. The van der Waals surface area contributed by atoms with Crippen molar-refractivity contribution < 1.29 is 10.2 Å². The van der Waals surface area contributed by atoms with Gasteiger partial charge in [-0.15, -0.1) is 0 Å². The Balaban J connectivity index is 2.06. The maximum Gasteiger partial charge on any atom is 0.157 e. The number of nitrogens with zero attached hydrogens (tertiary/aromatic N) is 1. The zero-order chi connectivity index (χ0) is 11.4. The molecule has 1 aromatic rings. The average Bonchev–Trinajstić information content (AvgIpc) is 2.77. The summed E-state index contributed by atoms with van der Waals surface area (Å²) in [5.41, 5.74) is 2.49. The molecule has 3 rings (SSSR count). The number of likely N-dealkylation sites (N-methyl/N-ethyl adjacent to an activating group) is 1. The monoisotopic (exact) mass is 219 g/mol. The van der Waals surface area contributed by atoms with E-state index in [1.54, 1.807) is 12.1 Å². The minimum Gasteiger partial charge on any atom is -0.504 e. The largest absolute Gasteiger partial charge is 0.504 e. The second-order valence-corrected chi connectivity index (χ2v) is 5.28. The van der Waals surface area contributed by atoms with E-state index in [0.717, 1.165) is 0 Å². The standard InChI is InChI=1S/C13H17NO2/c1-14(2)11-4-7-3-10(11)9-6-13(16)12(15)5-8(7)9/h5-7,10-11,15-16H,3-4H2,1-2H3. The molecule has 1 aromatic carbocycles. The third-order valence-electron chi connectivity index (χ3n) is 4.21. The molecule has 0 spiro atoms. The highest BCUT2D eigenvalue weighted by Gasteiger charge is 2.45. The van der Waals surface area contributed by atoms with Gasteiger partial charge in [0.05, 0.1) is 0 Å². The lowest BCUT2D eigenvalue weighted by molar-refractivity contribution is 0.268. The molecule has 16 heavy (non-hydrogen) atoms. The van der Waals surface area contributed by atoms with E-state index < -0.39 is 0 Å². The molecule has 1 saturated carbocycles. The van der Waals surface area contributed by atoms with Crippen molar-refractivity contribution >= 4 is 0 Å². The summed E-state index contributed by atoms with van der Waals surface area (Å²) in [7, 11) is 4.23. The lowest BCUT2D eigenvalue weighted by Gasteiger charge is -2.30. The van der Waals surface area contributed by atoms with Crippen LogP contribution in [0.1, 0.15) is 35.8 Å². The van der Waals surface area contributed by atoms with Crippen LogP contribution in [-0.4, -0.2) is 35.3 Å². The highest BCUT2D eigenvalue weighted by Crippen LogP contribution is 2.56. The molecule has 2 bridgehead atoms. The van der Waals surface area contributed by atoms with Gasteiger partial charge in [-0.1, -0.05) is 0 Å². The van der Waals surface area contributed by atoms with E-state index in [2.05, 4.69) is 19.0 Å². The fourth-order valence-corrected chi connectivity index (χ4v) is 3.46. The predicted molar refractivity (Wildman–Crippen MR) is 62.0 cm³/mol. The van der Waals surface area contributed by atoms with E-state index >= 15 is 0 Å². The predicted octanol–water partition coefficient (Wildman–Crippen LogP) is 2.00. The zero-order valence-corrected chi connectivity index (χ0v) is 9.64. The Morgan fingerprint density at radius 1 is 1.06 bits per heavy atom. The summed E-state index contributed by atoms with van der Waals surface area (Å²) in [5.74, 6) is 1.14. The van der Waals surface area contributed by atoms with Gasteiger partial charge in [-0.25, -0.2) is 0 Å². The van der Waals surface area contributed by atoms with Crippen LogP contribution in [0.3, 0.4) is 0 Å². The molecule has 3 atom stereocenters. The summed E-state index contributed by atoms with van der Waals surface area (Å²) in [6.45, 7) is 0. The molecule has 3 heteroatoms. The molecule has 3 nitrogen and oxygen atoms in total. The fourth-order valence-electron chi connectivity index (χ4n) is 3.46.